The zero-order valence-electron chi connectivity index (χ0n) is 11.7. The highest BCUT2D eigenvalue weighted by Crippen LogP contribution is 2.26. The van der Waals surface area contributed by atoms with E-state index < -0.39 is 0 Å². The Bertz CT molecular complexity index is 795. The van der Waals surface area contributed by atoms with Gasteiger partial charge in [-0.3, -0.25) is 0 Å². The fraction of sp³-hybridized carbons (Fsp3) is 0.111. The van der Waals surface area contributed by atoms with Gasteiger partial charge in [-0.25, -0.2) is 4.98 Å². The fourth-order valence-electron chi connectivity index (χ4n) is 2.50. The molecule has 0 amide bonds. The SMILES string of the molecule is CC(Nc1ccc(C#N)nc1)c1cccc2ccccc12. The maximum atomic E-state index is 8.77. The van der Waals surface area contributed by atoms with Crippen molar-refractivity contribution in [2.24, 2.45) is 0 Å². The monoisotopic (exact) mass is 273 g/mol. The summed E-state index contributed by atoms with van der Waals surface area (Å²) >= 11 is 0. The predicted octanol–water partition coefficient (Wildman–Crippen LogP) is 4.28. The van der Waals surface area contributed by atoms with E-state index in [4.69, 9.17) is 5.26 Å². The van der Waals surface area contributed by atoms with Gasteiger partial charge in [-0.2, -0.15) is 5.26 Å². The number of nitrogens with zero attached hydrogens (tertiary/aromatic N) is 2. The lowest BCUT2D eigenvalue weighted by Gasteiger charge is -2.17. The molecule has 0 spiro atoms. The number of nitriles is 1. The number of aromatic nitrogens is 1. The Morgan fingerprint density at radius 2 is 1.86 bits per heavy atom. The molecule has 21 heavy (non-hydrogen) atoms. The van der Waals surface area contributed by atoms with Crippen molar-refractivity contribution in [1.29, 1.82) is 5.26 Å². The van der Waals surface area contributed by atoms with E-state index in [1.807, 2.05) is 12.1 Å². The van der Waals surface area contributed by atoms with Gasteiger partial charge >= 0.3 is 0 Å². The van der Waals surface area contributed by atoms with Gasteiger partial charge < -0.3 is 5.32 Å². The van der Waals surface area contributed by atoms with Crippen molar-refractivity contribution in [2.75, 3.05) is 5.32 Å². The Balaban J connectivity index is 1.90. The summed E-state index contributed by atoms with van der Waals surface area (Å²) in [5.41, 5.74) is 2.59. The summed E-state index contributed by atoms with van der Waals surface area (Å²) in [5.74, 6) is 0. The van der Waals surface area contributed by atoms with Crippen LogP contribution in [0.1, 0.15) is 24.2 Å². The van der Waals surface area contributed by atoms with Gasteiger partial charge in [0.05, 0.1) is 11.9 Å². The van der Waals surface area contributed by atoms with Gasteiger partial charge in [0.1, 0.15) is 11.8 Å². The number of fused-ring (bicyclic) bond motifs is 1. The van der Waals surface area contributed by atoms with E-state index in [-0.39, 0.29) is 6.04 Å². The van der Waals surface area contributed by atoms with Crippen LogP contribution >= 0.6 is 0 Å². The first kappa shape index (κ1) is 13.1. The number of nitrogens with one attached hydrogen (secondary N) is 1. The zero-order chi connectivity index (χ0) is 14.7. The predicted molar refractivity (Wildman–Crippen MR) is 84.9 cm³/mol. The number of benzene rings is 2. The Labute approximate surface area is 123 Å². The molecule has 3 aromatic rings. The molecule has 1 heterocycles. The molecular formula is C18H15N3. The third kappa shape index (κ3) is 2.70. The standard InChI is InChI=1S/C18H15N3/c1-13(21-16-10-9-15(11-19)20-12-16)17-8-4-6-14-5-2-3-7-18(14)17/h2-10,12-13,21H,1H3. The summed E-state index contributed by atoms with van der Waals surface area (Å²) < 4.78 is 0. The van der Waals surface area contributed by atoms with Crippen molar-refractivity contribution in [3.63, 3.8) is 0 Å². The third-order valence-corrected chi connectivity index (χ3v) is 3.55. The highest BCUT2D eigenvalue weighted by molar-refractivity contribution is 5.86. The highest BCUT2D eigenvalue weighted by atomic mass is 14.9. The van der Waals surface area contributed by atoms with Crippen LogP contribution in [0.25, 0.3) is 10.8 Å². The summed E-state index contributed by atoms with van der Waals surface area (Å²) in [5, 5.41) is 14.7. The smallest absolute Gasteiger partial charge is 0.140 e. The zero-order valence-corrected chi connectivity index (χ0v) is 11.7. The van der Waals surface area contributed by atoms with E-state index in [0.717, 1.165) is 5.69 Å². The Hall–Kier alpha value is -2.86. The van der Waals surface area contributed by atoms with Gasteiger partial charge in [0.15, 0.2) is 0 Å². The molecule has 0 aliphatic carbocycles. The van der Waals surface area contributed by atoms with Crippen LogP contribution in [0, 0.1) is 11.3 Å². The van der Waals surface area contributed by atoms with Crippen molar-refractivity contribution < 1.29 is 0 Å². The normalized spacial score (nSPS) is 11.8. The maximum absolute atomic E-state index is 8.77. The summed E-state index contributed by atoms with van der Waals surface area (Å²) in [6, 6.07) is 20.5. The van der Waals surface area contributed by atoms with Crippen molar-refractivity contribution in [1.82, 2.24) is 4.98 Å². The molecule has 0 saturated carbocycles. The Kier molecular flexibility index (Phi) is 3.53. The van der Waals surface area contributed by atoms with Crippen molar-refractivity contribution in [3.05, 3.63) is 72.1 Å². The van der Waals surface area contributed by atoms with Crippen LogP contribution in [0.3, 0.4) is 0 Å². The lowest BCUT2D eigenvalue weighted by Crippen LogP contribution is -2.07. The minimum atomic E-state index is 0.158. The topological polar surface area (TPSA) is 48.7 Å². The molecule has 1 N–H and O–H groups in total. The van der Waals surface area contributed by atoms with Gasteiger partial charge in [0, 0.05) is 6.04 Å². The van der Waals surface area contributed by atoms with Crippen LogP contribution in [0.15, 0.2) is 60.8 Å². The van der Waals surface area contributed by atoms with Gasteiger partial charge in [-0.05, 0) is 35.4 Å². The van der Waals surface area contributed by atoms with Crippen molar-refractivity contribution in [3.8, 4) is 6.07 Å². The van der Waals surface area contributed by atoms with Crippen LogP contribution in [0.4, 0.5) is 5.69 Å². The largest absolute Gasteiger partial charge is 0.377 e. The number of hydrogen-bond acceptors (Lipinski definition) is 3. The molecule has 3 heteroatoms. The summed E-state index contributed by atoms with van der Waals surface area (Å²) in [6.07, 6.45) is 1.69. The van der Waals surface area contributed by atoms with E-state index in [0.29, 0.717) is 5.69 Å². The average Bonchev–Trinajstić information content (AvgIpc) is 2.55. The van der Waals surface area contributed by atoms with Gasteiger partial charge in [-0.1, -0.05) is 42.5 Å². The van der Waals surface area contributed by atoms with E-state index in [1.54, 1.807) is 12.3 Å². The fourth-order valence-corrected chi connectivity index (χ4v) is 2.50. The van der Waals surface area contributed by atoms with Crippen LogP contribution < -0.4 is 5.32 Å². The molecular weight excluding hydrogens is 258 g/mol. The van der Waals surface area contributed by atoms with E-state index in [9.17, 15) is 0 Å². The lowest BCUT2D eigenvalue weighted by atomic mass is 9.99. The quantitative estimate of drug-likeness (QED) is 0.774. The average molecular weight is 273 g/mol. The molecule has 3 nitrogen and oxygen atoms in total. The van der Waals surface area contributed by atoms with E-state index in [2.05, 4.69) is 59.7 Å². The van der Waals surface area contributed by atoms with E-state index in [1.165, 1.54) is 16.3 Å². The molecule has 1 aromatic heterocycles. The van der Waals surface area contributed by atoms with Crippen LogP contribution in [-0.2, 0) is 0 Å². The Morgan fingerprint density at radius 1 is 1.05 bits per heavy atom. The second-order valence-corrected chi connectivity index (χ2v) is 4.98. The van der Waals surface area contributed by atoms with Crippen LogP contribution in [0.2, 0.25) is 0 Å². The van der Waals surface area contributed by atoms with Gasteiger partial charge in [-0.15, -0.1) is 0 Å². The Morgan fingerprint density at radius 3 is 2.62 bits per heavy atom. The molecule has 0 aliphatic rings. The van der Waals surface area contributed by atoms with Crippen molar-refractivity contribution in [2.45, 2.75) is 13.0 Å². The number of pyridine rings is 1. The molecule has 0 bridgehead atoms. The molecule has 1 atom stereocenters. The summed E-state index contributed by atoms with van der Waals surface area (Å²) in [7, 11) is 0. The third-order valence-electron chi connectivity index (χ3n) is 3.55. The minimum absolute atomic E-state index is 0.158. The highest BCUT2D eigenvalue weighted by Gasteiger charge is 2.09. The first-order chi connectivity index (χ1) is 10.3. The van der Waals surface area contributed by atoms with Crippen LogP contribution in [-0.4, -0.2) is 4.98 Å². The molecule has 2 aromatic carbocycles. The molecule has 1 unspecified atom stereocenters. The summed E-state index contributed by atoms with van der Waals surface area (Å²) in [6.45, 7) is 2.12. The lowest BCUT2D eigenvalue weighted by molar-refractivity contribution is 0.892. The molecule has 0 fully saturated rings. The maximum Gasteiger partial charge on any atom is 0.140 e. The van der Waals surface area contributed by atoms with E-state index >= 15 is 0 Å². The molecule has 0 aliphatic heterocycles. The second kappa shape index (κ2) is 5.64. The van der Waals surface area contributed by atoms with Gasteiger partial charge in [0.2, 0.25) is 0 Å². The number of hydrogen-bond donors (Lipinski definition) is 1. The first-order valence-electron chi connectivity index (χ1n) is 6.88. The molecule has 0 radical (unpaired) electrons. The van der Waals surface area contributed by atoms with Crippen molar-refractivity contribution >= 4 is 16.5 Å². The summed E-state index contributed by atoms with van der Waals surface area (Å²) in [4.78, 5) is 4.08. The second-order valence-electron chi connectivity index (χ2n) is 4.98. The number of rotatable bonds is 3. The number of anilines is 1. The van der Waals surface area contributed by atoms with Gasteiger partial charge in [0.25, 0.3) is 0 Å². The molecule has 0 saturated heterocycles. The first-order valence-corrected chi connectivity index (χ1v) is 6.88. The molecule has 102 valence electrons. The minimum Gasteiger partial charge on any atom is -0.377 e. The van der Waals surface area contributed by atoms with Crippen LogP contribution in [0.5, 0.6) is 0 Å². The molecule has 3 rings (SSSR count).